The van der Waals surface area contributed by atoms with Crippen molar-refractivity contribution in [1.29, 1.82) is 0 Å². The highest BCUT2D eigenvalue weighted by molar-refractivity contribution is 6.31. The minimum Gasteiger partial charge on any atom is -0.317 e. The summed E-state index contributed by atoms with van der Waals surface area (Å²) in [4.78, 5) is 9.24. The molecule has 4 rings (SSSR count). The van der Waals surface area contributed by atoms with Crippen molar-refractivity contribution < 1.29 is 0 Å². The van der Waals surface area contributed by atoms with Gasteiger partial charge in [0.1, 0.15) is 0 Å². The van der Waals surface area contributed by atoms with Crippen LogP contribution < -0.4 is 0 Å². The second-order valence-corrected chi connectivity index (χ2v) is 7.08. The zero-order chi connectivity index (χ0) is 17.8. The van der Waals surface area contributed by atoms with Crippen LogP contribution in [0.1, 0.15) is 11.3 Å². The Bertz CT molecular complexity index is 838. The van der Waals surface area contributed by atoms with E-state index in [0.29, 0.717) is 5.15 Å². The Labute approximate surface area is 159 Å². The lowest BCUT2D eigenvalue weighted by atomic mass is 10.2. The molecular weight excluding hydrogens is 344 g/mol. The summed E-state index contributed by atoms with van der Waals surface area (Å²) in [5, 5.41) is 0.539. The fourth-order valence-electron chi connectivity index (χ4n) is 3.51. The van der Waals surface area contributed by atoms with Crippen molar-refractivity contribution in [3.63, 3.8) is 0 Å². The van der Waals surface area contributed by atoms with Gasteiger partial charge in [-0.2, -0.15) is 0 Å². The summed E-state index contributed by atoms with van der Waals surface area (Å²) < 4.78 is 2.14. The predicted molar refractivity (Wildman–Crippen MR) is 106 cm³/mol. The molecule has 3 aromatic rings. The SMILES string of the molecule is Clc1ncccc1-n1cccc1CN1CCN(Cc2ccccc2)CC1. The van der Waals surface area contributed by atoms with Gasteiger partial charge in [0.05, 0.1) is 5.69 Å². The van der Waals surface area contributed by atoms with E-state index in [0.717, 1.165) is 45.0 Å². The van der Waals surface area contributed by atoms with Crippen LogP contribution >= 0.6 is 11.6 Å². The van der Waals surface area contributed by atoms with E-state index >= 15 is 0 Å². The van der Waals surface area contributed by atoms with Crippen molar-refractivity contribution in [2.24, 2.45) is 0 Å². The Balaban J connectivity index is 1.37. The van der Waals surface area contributed by atoms with Crippen LogP contribution in [-0.2, 0) is 13.1 Å². The largest absolute Gasteiger partial charge is 0.317 e. The van der Waals surface area contributed by atoms with Crippen LogP contribution in [0.5, 0.6) is 0 Å². The average Bonchev–Trinajstić information content (AvgIpc) is 3.12. The van der Waals surface area contributed by atoms with Gasteiger partial charge in [-0.15, -0.1) is 0 Å². The fraction of sp³-hybridized carbons (Fsp3) is 0.286. The molecule has 0 amide bonds. The van der Waals surface area contributed by atoms with E-state index in [1.807, 2.05) is 12.1 Å². The lowest BCUT2D eigenvalue weighted by molar-refractivity contribution is 0.120. The fourth-order valence-corrected chi connectivity index (χ4v) is 3.72. The quantitative estimate of drug-likeness (QED) is 0.641. The highest BCUT2D eigenvalue weighted by Crippen LogP contribution is 2.21. The zero-order valence-electron chi connectivity index (χ0n) is 14.8. The van der Waals surface area contributed by atoms with E-state index in [4.69, 9.17) is 11.6 Å². The van der Waals surface area contributed by atoms with E-state index < -0.39 is 0 Å². The zero-order valence-corrected chi connectivity index (χ0v) is 15.5. The predicted octanol–water partition coefficient (Wildman–Crippen LogP) is 3.84. The monoisotopic (exact) mass is 366 g/mol. The first-order valence-electron chi connectivity index (χ1n) is 9.05. The molecule has 134 valence electrons. The number of nitrogens with zero attached hydrogens (tertiary/aromatic N) is 4. The summed E-state index contributed by atoms with van der Waals surface area (Å²) in [6, 6.07) is 18.9. The topological polar surface area (TPSA) is 24.3 Å². The van der Waals surface area contributed by atoms with Crippen molar-refractivity contribution >= 4 is 11.6 Å². The highest BCUT2D eigenvalue weighted by Gasteiger charge is 2.18. The maximum atomic E-state index is 6.27. The van der Waals surface area contributed by atoms with Crippen LogP contribution in [0.4, 0.5) is 0 Å². The molecule has 0 radical (unpaired) electrons. The number of aromatic nitrogens is 2. The van der Waals surface area contributed by atoms with Gasteiger partial charge in [0, 0.05) is 57.4 Å². The van der Waals surface area contributed by atoms with Crippen molar-refractivity contribution in [3.05, 3.63) is 83.4 Å². The number of hydrogen-bond acceptors (Lipinski definition) is 3. The van der Waals surface area contributed by atoms with Gasteiger partial charge in [0.25, 0.3) is 0 Å². The summed E-state index contributed by atoms with van der Waals surface area (Å²) in [7, 11) is 0. The average molecular weight is 367 g/mol. The highest BCUT2D eigenvalue weighted by atomic mass is 35.5. The molecule has 1 aromatic carbocycles. The third kappa shape index (κ3) is 3.98. The summed E-state index contributed by atoms with van der Waals surface area (Å²) in [6.07, 6.45) is 3.78. The Morgan fingerprint density at radius 1 is 0.808 bits per heavy atom. The molecule has 0 aliphatic carbocycles. The van der Waals surface area contributed by atoms with E-state index in [-0.39, 0.29) is 0 Å². The molecular formula is C21H23ClN4. The summed E-state index contributed by atoms with van der Waals surface area (Å²) >= 11 is 6.27. The molecule has 0 atom stereocenters. The normalized spacial score (nSPS) is 16.0. The van der Waals surface area contributed by atoms with Gasteiger partial charge in [-0.05, 0) is 29.8 Å². The molecule has 4 nitrogen and oxygen atoms in total. The summed E-state index contributed by atoms with van der Waals surface area (Å²) in [5.41, 5.74) is 3.58. The lowest BCUT2D eigenvalue weighted by Crippen LogP contribution is -2.45. The van der Waals surface area contributed by atoms with Crippen LogP contribution in [0, 0.1) is 0 Å². The third-order valence-corrected chi connectivity index (χ3v) is 5.22. The van der Waals surface area contributed by atoms with Crippen LogP contribution in [0.15, 0.2) is 67.0 Å². The van der Waals surface area contributed by atoms with E-state index in [1.165, 1.54) is 11.3 Å². The maximum absolute atomic E-state index is 6.27. The van der Waals surface area contributed by atoms with E-state index in [1.54, 1.807) is 6.20 Å². The number of hydrogen-bond donors (Lipinski definition) is 0. The Kier molecular flexibility index (Phi) is 5.34. The molecule has 1 fully saturated rings. The molecule has 1 aliphatic heterocycles. The van der Waals surface area contributed by atoms with Gasteiger partial charge < -0.3 is 4.57 Å². The van der Waals surface area contributed by atoms with Gasteiger partial charge in [0.15, 0.2) is 5.15 Å². The number of piperazine rings is 1. The number of halogens is 1. The number of benzene rings is 1. The molecule has 0 unspecified atom stereocenters. The van der Waals surface area contributed by atoms with Gasteiger partial charge in [-0.1, -0.05) is 41.9 Å². The minimum atomic E-state index is 0.539. The Morgan fingerprint density at radius 3 is 2.27 bits per heavy atom. The third-order valence-electron chi connectivity index (χ3n) is 4.93. The number of rotatable bonds is 5. The van der Waals surface area contributed by atoms with Crippen LogP contribution in [0.3, 0.4) is 0 Å². The van der Waals surface area contributed by atoms with Crippen molar-refractivity contribution in [3.8, 4) is 5.69 Å². The molecule has 0 bridgehead atoms. The molecule has 26 heavy (non-hydrogen) atoms. The minimum absolute atomic E-state index is 0.539. The van der Waals surface area contributed by atoms with E-state index in [2.05, 4.69) is 68.0 Å². The first-order chi connectivity index (χ1) is 12.8. The summed E-state index contributed by atoms with van der Waals surface area (Å²) in [5.74, 6) is 0. The number of pyridine rings is 1. The Morgan fingerprint density at radius 2 is 1.54 bits per heavy atom. The van der Waals surface area contributed by atoms with Crippen molar-refractivity contribution in [1.82, 2.24) is 19.4 Å². The van der Waals surface area contributed by atoms with Gasteiger partial charge >= 0.3 is 0 Å². The molecule has 2 aromatic heterocycles. The second kappa shape index (κ2) is 8.04. The Hall–Kier alpha value is -2.14. The molecule has 5 heteroatoms. The molecule has 1 aliphatic rings. The first kappa shape index (κ1) is 17.3. The smallest absolute Gasteiger partial charge is 0.152 e. The molecule has 0 saturated carbocycles. The first-order valence-corrected chi connectivity index (χ1v) is 9.43. The van der Waals surface area contributed by atoms with Crippen LogP contribution in [0.2, 0.25) is 5.15 Å². The molecule has 0 spiro atoms. The van der Waals surface area contributed by atoms with E-state index in [9.17, 15) is 0 Å². The van der Waals surface area contributed by atoms with Crippen molar-refractivity contribution in [2.45, 2.75) is 13.1 Å². The summed E-state index contributed by atoms with van der Waals surface area (Å²) in [6.45, 7) is 6.33. The lowest BCUT2D eigenvalue weighted by Gasteiger charge is -2.34. The maximum Gasteiger partial charge on any atom is 0.152 e. The van der Waals surface area contributed by atoms with Gasteiger partial charge in [-0.25, -0.2) is 4.98 Å². The van der Waals surface area contributed by atoms with Crippen LogP contribution in [0.25, 0.3) is 5.69 Å². The second-order valence-electron chi connectivity index (χ2n) is 6.72. The molecule has 3 heterocycles. The van der Waals surface area contributed by atoms with Gasteiger partial charge in [-0.3, -0.25) is 9.80 Å². The van der Waals surface area contributed by atoms with Crippen molar-refractivity contribution in [2.75, 3.05) is 26.2 Å². The standard InChI is InChI=1S/C21H23ClN4/c22-21-20(9-4-10-23-21)26-11-5-8-19(26)17-25-14-12-24(13-15-25)16-18-6-2-1-3-7-18/h1-11H,12-17H2. The molecule has 1 saturated heterocycles. The van der Waals surface area contributed by atoms with Crippen LogP contribution in [-0.4, -0.2) is 45.5 Å². The molecule has 0 N–H and O–H groups in total. The van der Waals surface area contributed by atoms with Gasteiger partial charge in [0.2, 0.25) is 0 Å².